The molecule has 0 aromatic carbocycles. The molecule has 0 amide bonds. The molecule has 1 atom stereocenters. The van der Waals surface area contributed by atoms with E-state index < -0.39 is 10.2 Å². The van der Waals surface area contributed by atoms with Crippen molar-refractivity contribution in [2.75, 3.05) is 19.6 Å². The molecule has 1 saturated heterocycles. The average molecular weight is 249 g/mol. The Bertz CT molecular complexity index is 274. The second-order valence-corrected chi connectivity index (χ2v) is 5.81. The van der Waals surface area contributed by atoms with Crippen molar-refractivity contribution in [3.63, 3.8) is 0 Å². The lowest BCUT2D eigenvalue weighted by Crippen LogP contribution is -2.41. The molecule has 0 spiro atoms. The number of piperidine rings is 1. The summed E-state index contributed by atoms with van der Waals surface area (Å²) in [5, 5.41) is 3.39. The van der Waals surface area contributed by atoms with E-state index in [1.807, 2.05) is 6.92 Å². The summed E-state index contributed by atoms with van der Waals surface area (Å²) in [6, 6.07) is 0.475. The third-order valence-corrected chi connectivity index (χ3v) is 3.91. The van der Waals surface area contributed by atoms with Crippen molar-refractivity contribution in [3.8, 4) is 0 Å². The van der Waals surface area contributed by atoms with Gasteiger partial charge < -0.3 is 5.32 Å². The lowest BCUT2D eigenvalue weighted by molar-refractivity contribution is 0.382. The van der Waals surface area contributed by atoms with Crippen molar-refractivity contribution >= 4 is 10.2 Å². The zero-order valence-corrected chi connectivity index (χ0v) is 10.8. The SMILES string of the molecule is CCCNS(=O)(=O)NCCC1CCCCN1. The number of nitrogens with one attached hydrogen (secondary N) is 3. The van der Waals surface area contributed by atoms with Crippen LogP contribution in [0.15, 0.2) is 0 Å². The quantitative estimate of drug-likeness (QED) is 0.610. The van der Waals surface area contributed by atoms with Crippen LogP contribution in [-0.4, -0.2) is 34.1 Å². The standard InChI is InChI=1S/C10H23N3O2S/c1-2-7-12-16(14,15)13-9-6-10-5-3-4-8-11-10/h10-13H,2-9H2,1H3. The topological polar surface area (TPSA) is 70.2 Å². The van der Waals surface area contributed by atoms with Crippen LogP contribution in [0.1, 0.15) is 39.0 Å². The summed E-state index contributed by atoms with van der Waals surface area (Å²) in [5.74, 6) is 0. The lowest BCUT2D eigenvalue weighted by Gasteiger charge is -2.23. The van der Waals surface area contributed by atoms with E-state index in [1.165, 1.54) is 12.8 Å². The number of hydrogen-bond donors (Lipinski definition) is 3. The van der Waals surface area contributed by atoms with Crippen LogP contribution in [0.5, 0.6) is 0 Å². The molecule has 0 saturated carbocycles. The largest absolute Gasteiger partial charge is 0.314 e. The predicted octanol–water partition coefficient (Wildman–Crippen LogP) is 0.353. The summed E-state index contributed by atoms with van der Waals surface area (Å²) in [6.45, 7) is 4.01. The Morgan fingerprint density at radius 2 is 2.00 bits per heavy atom. The molecule has 3 N–H and O–H groups in total. The monoisotopic (exact) mass is 249 g/mol. The summed E-state index contributed by atoms with van der Waals surface area (Å²) in [6.07, 6.45) is 5.32. The molecule has 0 aromatic rings. The Labute approximate surface area is 98.6 Å². The molecule has 1 aliphatic rings. The normalized spacial score (nSPS) is 22.2. The van der Waals surface area contributed by atoms with Crippen LogP contribution in [0.25, 0.3) is 0 Å². The Balaban J connectivity index is 2.13. The molecule has 1 rings (SSSR count). The van der Waals surface area contributed by atoms with E-state index in [4.69, 9.17) is 0 Å². The van der Waals surface area contributed by atoms with Gasteiger partial charge in [0.2, 0.25) is 0 Å². The predicted molar refractivity (Wildman–Crippen MR) is 65.5 cm³/mol. The average Bonchev–Trinajstić information content (AvgIpc) is 2.28. The zero-order valence-electron chi connectivity index (χ0n) is 9.96. The third kappa shape index (κ3) is 5.79. The maximum atomic E-state index is 11.4. The van der Waals surface area contributed by atoms with E-state index in [2.05, 4.69) is 14.8 Å². The fourth-order valence-corrected chi connectivity index (χ4v) is 2.79. The van der Waals surface area contributed by atoms with E-state index >= 15 is 0 Å². The maximum absolute atomic E-state index is 11.4. The fourth-order valence-electron chi connectivity index (χ4n) is 1.83. The Hall–Kier alpha value is -0.170. The highest BCUT2D eigenvalue weighted by Crippen LogP contribution is 2.09. The Morgan fingerprint density at radius 1 is 1.25 bits per heavy atom. The first-order chi connectivity index (χ1) is 7.64. The second-order valence-electron chi connectivity index (χ2n) is 4.23. The van der Waals surface area contributed by atoms with Gasteiger partial charge in [0.15, 0.2) is 0 Å². The van der Waals surface area contributed by atoms with Gasteiger partial charge in [0.25, 0.3) is 10.2 Å². The van der Waals surface area contributed by atoms with Gasteiger partial charge in [-0.2, -0.15) is 8.42 Å². The van der Waals surface area contributed by atoms with Crippen molar-refractivity contribution in [1.29, 1.82) is 0 Å². The van der Waals surface area contributed by atoms with Gasteiger partial charge in [-0.3, -0.25) is 0 Å². The molecule has 1 fully saturated rings. The summed E-state index contributed by atoms with van der Waals surface area (Å²) >= 11 is 0. The molecule has 1 aliphatic heterocycles. The molecule has 5 nitrogen and oxygen atoms in total. The first-order valence-corrected chi connectivity index (χ1v) is 7.60. The molecule has 0 radical (unpaired) electrons. The van der Waals surface area contributed by atoms with E-state index in [9.17, 15) is 8.42 Å². The minimum absolute atomic E-state index is 0.475. The van der Waals surface area contributed by atoms with Gasteiger partial charge in [0.05, 0.1) is 0 Å². The number of hydrogen-bond acceptors (Lipinski definition) is 3. The van der Waals surface area contributed by atoms with Crippen molar-refractivity contribution in [2.45, 2.75) is 45.1 Å². The molecule has 1 unspecified atom stereocenters. The lowest BCUT2D eigenvalue weighted by atomic mass is 10.0. The summed E-state index contributed by atoms with van der Waals surface area (Å²) in [5.41, 5.74) is 0. The summed E-state index contributed by atoms with van der Waals surface area (Å²) < 4.78 is 27.8. The van der Waals surface area contributed by atoms with Crippen LogP contribution in [0.4, 0.5) is 0 Å². The minimum Gasteiger partial charge on any atom is -0.314 e. The summed E-state index contributed by atoms with van der Waals surface area (Å²) in [7, 11) is -3.27. The molecule has 0 aromatic heterocycles. The van der Waals surface area contributed by atoms with Crippen molar-refractivity contribution in [3.05, 3.63) is 0 Å². The van der Waals surface area contributed by atoms with Crippen LogP contribution in [-0.2, 0) is 10.2 Å². The zero-order chi connectivity index (χ0) is 11.9. The molecule has 96 valence electrons. The highest BCUT2D eigenvalue weighted by Gasteiger charge is 2.13. The van der Waals surface area contributed by atoms with E-state index in [0.29, 0.717) is 19.1 Å². The molecule has 6 heteroatoms. The van der Waals surface area contributed by atoms with Gasteiger partial charge in [-0.15, -0.1) is 0 Å². The van der Waals surface area contributed by atoms with Crippen molar-refractivity contribution < 1.29 is 8.42 Å². The molecular weight excluding hydrogens is 226 g/mol. The van der Waals surface area contributed by atoms with Crippen LogP contribution in [0.2, 0.25) is 0 Å². The van der Waals surface area contributed by atoms with Gasteiger partial charge in [-0.25, -0.2) is 9.44 Å². The van der Waals surface area contributed by atoms with Crippen LogP contribution < -0.4 is 14.8 Å². The van der Waals surface area contributed by atoms with Crippen LogP contribution in [0.3, 0.4) is 0 Å². The van der Waals surface area contributed by atoms with Gasteiger partial charge in [-0.1, -0.05) is 13.3 Å². The van der Waals surface area contributed by atoms with Gasteiger partial charge in [0, 0.05) is 19.1 Å². The molecule has 16 heavy (non-hydrogen) atoms. The van der Waals surface area contributed by atoms with E-state index in [0.717, 1.165) is 25.8 Å². The van der Waals surface area contributed by atoms with Crippen molar-refractivity contribution in [2.24, 2.45) is 0 Å². The smallest absolute Gasteiger partial charge is 0.276 e. The van der Waals surface area contributed by atoms with Gasteiger partial charge in [-0.05, 0) is 32.2 Å². The molecule has 1 heterocycles. The van der Waals surface area contributed by atoms with Crippen LogP contribution >= 0.6 is 0 Å². The third-order valence-electron chi connectivity index (χ3n) is 2.74. The molecule has 0 bridgehead atoms. The Kier molecular flexibility index (Phi) is 6.26. The van der Waals surface area contributed by atoms with E-state index in [1.54, 1.807) is 0 Å². The minimum atomic E-state index is -3.27. The second kappa shape index (κ2) is 7.21. The Morgan fingerprint density at radius 3 is 2.62 bits per heavy atom. The van der Waals surface area contributed by atoms with Crippen LogP contribution in [0, 0.1) is 0 Å². The fraction of sp³-hybridized carbons (Fsp3) is 1.00. The van der Waals surface area contributed by atoms with Gasteiger partial charge >= 0.3 is 0 Å². The maximum Gasteiger partial charge on any atom is 0.276 e. The first-order valence-electron chi connectivity index (χ1n) is 6.11. The molecule has 0 aliphatic carbocycles. The number of rotatable bonds is 7. The van der Waals surface area contributed by atoms with Gasteiger partial charge in [0.1, 0.15) is 0 Å². The highest BCUT2D eigenvalue weighted by atomic mass is 32.2. The van der Waals surface area contributed by atoms with Crippen molar-refractivity contribution in [1.82, 2.24) is 14.8 Å². The summed E-state index contributed by atoms with van der Waals surface area (Å²) in [4.78, 5) is 0. The van der Waals surface area contributed by atoms with E-state index in [-0.39, 0.29) is 0 Å². The molecular formula is C10H23N3O2S. The highest BCUT2D eigenvalue weighted by molar-refractivity contribution is 7.87. The first kappa shape index (κ1) is 13.9.